The highest BCUT2D eigenvalue weighted by Crippen LogP contribution is 2.63. The summed E-state index contributed by atoms with van der Waals surface area (Å²) >= 11 is 0. The van der Waals surface area contributed by atoms with E-state index in [0.717, 1.165) is 0 Å². The first kappa shape index (κ1) is 26.2. The highest BCUT2D eigenvalue weighted by atomic mass is 19.4. The van der Waals surface area contributed by atoms with Gasteiger partial charge in [-0.2, -0.15) is 70.2 Å². The Kier molecular flexibility index (Phi) is 5.74. The molecule has 19 heteroatoms. The second-order valence-corrected chi connectivity index (χ2v) is 5.68. The standard InChI is InChI=1S/C11H4F16O3/c12-4(13)1-29-3(28)30-2-5(14,15)7(18,19)9(22,23)11(26,27)10(24,25)8(20,21)6(4,16)17/h1-2H2. The summed E-state index contributed by atoms with van der Waals surface area (Å²) in [5, 5.41) is 0. The van der Waals surface area contributed by atoms with Crippen molar-refractivity contribution in [3.8, 4) is 0 Å². The van der Waals surface area contributed by atoms with Crippen molar-refractivity contribution in [1.82, 2.24) is 0 Å². The summed E-state index contributed by atoms with van der Waals surface area (Å²) in [5.74, 6) is -62.6. The van der Waals surface area contributed by atoms with E-state index in [9.17, 15) is 75.0 Å². The van der Waals surface area contributed by atoms with Crippen molar-refractivity contribution in [2.45, 2.75) is 47.4 Å². The molecule has 178 valence electrons. The molecule has 0 bridgehead atoms. The molecule has 1 fully saturated rings. The molecular weight excluding hydrogens is 484 g/mol. The topological polar surface area (TPSA) is 35.5 Å². The highest BCUT2D eigenvalue weighted by molar-refractivity contribution is 5.60. The lowest BCUT2D eigenvalue weighted by Crippen LogP contribution is -2.75. The van der Waals surface area contributed by atoms with E-state index in [1.54, 1.807) is 0 Å². The lowest BCUT2D eigenvalue weighted by molar-refractivity contribution is -0.453. The van der Waals surface area contributed by atoms with Crippen molar-refractivity contribution in [3.63, 3.8) is 0 Å². The Morgan fingerprint density at radius 1 is 0.433 bits per heavy atom. The molecule has 3 nitrogen and oxygen atoms in total. The predicted octanol–water partition coefficient (Wildman–Crippen LogP) is 5.24. The van der Waals surface area contributed by atoms with Crippen LogP contribution in [0.2, 0.25) is 0 Å². The third-order valence-electron chi connectivity index (χ3n) is 3.63. The van der Waals surface area contributed by atoms with Crippen LogP contribution in [0.1, 0.15) is 0 Å². The van der Waals surface area contributed by atoms with Crippen LogP contribution in [0.25, 0.3) is 0 Å². The van der Waals surface area contributed by atoms with E-state index in [1.165, 1.54) is 0 Å². The molecule has 1 saturated heterocycles. The summed E-state index contributed by atoms with van der Waals surface area (Å²) in [6.07, 6.45) is -3.05. The number of hydrogen-bond acceptors (Lipinski definition) is 3. The molecule has 1 aliphatic rings. The van der Waals surface area contributed by atoms with Crippen molar-refractivity contribution in [3.05, 3.63) is 0 Å². The fraction of sp³-hybridized carbons (Fsp3) is 0.909. The van der Waals surface area contributed by atoms with Gasteiger partial charge in [-0.1, -0.05) is 0 Å². The van der Waals surface area contributed by atoms with Crippen LogP contribution in [0.5, 0.6) is 0 Å². The lowest BCUT2D eigenvalue weighted by atomic mass is 9.88. The molecule has 1 rings (SSSR count). The van der Waals surface area contributed by atoms with Crippen molar-refractivity contribution in [1.29, 1.82) is 0 Å². The molecule has 0 aromatic rings. The van der Waals surface area contributed by atoms with Crippen LogP contribution in [-0.4, -0.2) is 66.7 Å². The van der Waals surface area contributed by atoms with Gasteiger partial charge in [-0.05, 0) is 0 Å². The van der Waals surface area contributed by atoms with Crippen LogP contribution >= 0.6 is 0 Å². The Balaban J connectivity index is 3.90. The predicted molar refractivity (Wildman–Crippen MR) is 56.9 cm³/mol. The molecule has 0 aromatic carbocycles. The van der Waals surface area contributed by atoms with Gasteiger partial charge in [-0.3, -0.25) is 0 Å². The molecule has 1 heterocycles. The summed E-state index contributed by atoms with van der Waals surface area (Å²) in [7, 11) is 0. The number of ether oxygens (including phenoxy) is 2. The average Bonchev–Trinajstić information content (AvgIpc) is 2.56. The van der Waals surface area contributed by atoms with Crippen LogP contribution in [0, 0.1) is 0 Å². The zero-order valence-electron chi connectivity index (χ0n) is 13.2. The van der Waals surface area contributed by atoms with Gasteiger partial charge in [0.15, 0.2) is 13.2 Å². The third-order valence-corrected chi connectivity index (χ3v) is 3.63. The monoisotopic (exact) mass is 488 g/mol. The summed E-state index contributed by atoms with van der Waals surface area (Å²) in [4.78, 5) is 10.7. The molecule has 0 atom stereocenters. The van der Waals surface area contributed by atoms with Gasteiger partial charge in [0, 0.05) is 0 Å². The second kappa shape index (κ2) is 6.57. The molecule has 0 spiro atoms. The minimum absolute atomic E-state index is 2.91. The molecule has 0 unspecified atom stereocenters. The van der Waals surface area contributed by atoms with Gasteiger partial charge in [0.2, 0.25) is 0 Å². The zero-order chi connectivity index (χ0) is 24.4. The number of cyclic esters (lactones) is 2. The molecule has 0 amide bonds. The molecule has 0 aromatic heterocycles. The number of carbonyl (C=O) groups is 1. The maximum absolute atomic E-state index is 13.3. The minimum atomic E-state index is -8.49. The SMILES string of the molecule is O=C1OCC(F)(F)C(F)(F)C(F)(F)C(F)(F)C(F)(F)C(F)(F)C(F)(F)C(F)(F)CO1. The first-order valence-corrected chi connectivity index (χ1v) is 6.67. The first-order valence-electron chi connectivity index (χ1n) is 6.67. The van der Waals surface area contributed by atoms with E-state index < -0.39 is 66.7 Å². The fourth-order valence-corrected chi connectivity index (χ4v) is 1.77. The quantitative estimate of drug-likeness (QED) is 0.346. The Bertz CT molecular complexity index is 628. The van der Waals surface area contributed by atoms with Crippen molar-refractivity contribution < 1.29 is 84.5 Å². The van der Waals surface area contributed by atoms with Crippen molar-refractivity contribution in [2.75, 3.05) is 13.2 Å². The number of halogens is 16. The zero-order valence-corrected chi connectivity index (χ0v) is 13.2. The average molecular weight is 488 g/mol. The van der Waals surface area contributed by atoms with E-state index in [4.69, 9.17) is 0 Å². The highest BCUT2D eigenvalue weighted by Gasteiger charge is 2.95. The van der Waals surface area contributed by atoms with Crippen molar-refractivity contribution in [2.24, 2.45) is 0 Å². The normalized spacial score (nSPS) is 31.1. The lowest BCUT2D eigenvalue weighted by Gasteiger charge is -2.43. The Labute approximate surface area is 152 Å². The Hall–Kier alpha value is -1.85. The maximum atomic E-state index is 13.3. The Morgan fingerprint density at radius 3 is 0.867 bits per heavy atom. The van der Waals surface area contributed by atoms with Crippen LogP contribution in [0.4, 0.5) is 75.0 Å². The van der Waals surface area contributed by atoms with Gasteiger partial charge >= 0.3 is 53.5 Å². The number of rotatable bonds is 0. The molecule has 30 heavy (non-hydrogen) atoms. The summed E-state index contributed by atoms with van der Waals surface area (Å²) in [6, 6.07) is 0. The van der Waals surface area contributed by atoms with Gasteiger partial charge in [-0.15, -0.1) is 0 Å². The van der Waals surface area contributed by atoms with Crippen LogP contribution in [-0.2, 0) is 9.47 Å². The van der Waals surface area contributed by atoms with Crippen molar-refractivity contribution >= 4 is 6.16 Å². The van der Waals surface area contributed by atoms with Crippen LogP contribution in [0.3, 0.4) is 0 Å². The minimum Gasteiger partial charge on any atom is -0.428 e. The number of carbonyl (C=O) groups excluding carboxylic acids is 1. The largest absolute Gasteiger partial charge is 0.508 e. The van der Waals surface area contributed by atoms with E-state index in [2.05, 4.69) is 9.47 Å². The van der Waals surface area contributed by atoms with Gasteiger partial charge in [-0.25, -0.2) is 4.79 Å². The Morgan fingerprint density at radius 2 is 0.633 bits per heavy atom. The molecule has 1 aliphatic heterocycles. The molecular formula is C11H4F16O3. The van der Waals surface area contributed by atoms with E-state index in [0.29, 0.717) is 0 Å². The number of hydrogen-bond donors (Lipinski definition) is 0. The number of alkyl halides is 16. The van der Waals surface area contributed by atoms with Gasteiger partial charge in [0.1, 0.15) is 0 Å². The van der Waals surface area contributed by atoms with Crippen LogP contribution < -0.4 is 0 Å². The summed E-state index contributed by atoms with van der Waals surface area (Å²) in [6.45, 7) is -6.84. The summed E-state index contributed by atoms with van der Waals surface area (Å²) in [5.41, 5.74) is 0. The maximum Gasteiger partial charge on any atom is 0.508 e. The van der Waals surface area contributed by atoms with E-state index in [1.807, 2.05) is 0 Å². The molecule has 0 saturated carbocycles. The van der Waals surface area contributed by atoms with Gasteiger partial charge in [0.05, 0.1) is 0 Å². The first-order chi connectivity index (χ1) is 12.9. The molecule has 0 radical (unpaired) electrons. The van der Waals surface area contributed by atoms with Crippen LogP contribution in [0.15, 0.2) is 0 Å². The fourth-order valence-electron chi connectivity index (χ4n) is 1.77. The smallest absolute Gasteiger partial charge is 0.428 e. The van der Waals surface area contributed by atoms with Gasteiger partial charge in [0.25, 0.3) is 0 Å². The summed E-state index contributed by atoms with van der Waals surface area (Å²) < 4.78 is 218. The second-order valence-electron chi connectivity index (χ2n) is 5.68. The molecule has 0 aliphatic carbocycles. The van der Waals surface area contributed by atoms with E-state index in [-0.39, 0.29) is 0 Å². The third kappa shape index (κ3) is 3.09. The van der Waals surface area contributed by atoms with E-state index >= 15 is 0 Å². The molecule has 0 N–H and O–H groups in total. The van der Waals surface area contributed by atoms with Gasteiger partial charge < -0.3 is 9.47 Å².